The van der Waals surface area contributed by atoms with Crippen LogP contribution in [0.15, 0.2) is 65.7 Å². The molecule has 2 heterocycles. The minimum absolute atomic E-state index is 0.0967. The smallest absolute Gasteiger partial charge is 0.244 e. The first-order chi connectivity index (χ1) is 12.9. The molecule has 0 unspecified atom stereocenters. The van der Waals surface area contributed by atoms with Gasteiger partial charge >= 0.3 is 0 Å². The molecule has 8 heteroatoms. The SMILES string of the molecule is O=S(=O)(c1ccc(Cl)cc1)N1CCn2cccc2[C@H]1c1ccc(F)c(F)c1. The van der Waals surface area contributed by atoms with Gasteiger partial charge in [-0.3, -0.25) is 0 Å². The number of aromatic nitrogens is 1. The molecular weight excluding hydrogens is 394 g/mol. The lowest BCUT2D eigenvalue weighted by Gasteiger charge is -2.36. The first-order valence-electron chi connectivity index (χ1n) is 8.25. The summed E-state index contributed by atoms with van der Waals surface area (Å²) in [4.78, 5) is 0.0967. The van der Waals surface area contributed by atoms with E-state index in [9.17, 15) is 17.2 Å². The molecule has 1 aromatic heterocycles. The summed E-state index contributed by atoms with van der Waals surface area (Å²) in [5.74, 6) is -1.99. The van der Waals surface area contributed by atoms with E-state index in [1.54, 1.807) is 12.1 Å². The number of nitrogens with zero attached hydrogens (tertiary/aromatic N) is 2. The first-order valence-corrected chi connectivity index (χ1v) is 10.1. The Hall–Kier alpha value is -2.22. The van der Waals surface area contributed by atoms with Gasteiger partial charge in [-0.1, -0.05) is 17.7 Å². The fraction of sp³-hybridized carbons (Fsp3) is 0.158. The molecule has 1 aliphatic heterocycles. The Kier molecular flexibility index (Phi) is 4.53. The summed E-state index contributed by atoms with van der Waals surface area (Å²) >= 11 is 5.87. The fourth-order valence-corrected chi connectivity index (χ4v) is 5.09. The number of benzene rings is 2. The third kappa shape index (κ3) is 3.16. The predicted molar refractivity (Wildman–Crippen MR) is 98.0 cm³/mol. The van der Waals surface area contributed by atoms with Crippen molar-refractivity contribution in [1.29, 1.82) is 0 Å². The highest BCUT2D eigenvalue weighted by atomic mass is 35.5. The van der Waals surface area contributed by atoms with E-state index in [4.69, 9.17) is 11.6 Å². The summed E-state index contributed by atoms with van der Waals surface area (Å²) < 4.78 is 57.1. The van der Waals surface area contributed by atoms with Crippen molar-refractivity contribution >= 4 is 21.6 Å². The van der Waals surface area contributed by atoms with Crippen molar-refractivity contribution in [3.63, 3.8) is 0 Å². The minimum Gasteiger partial charge on any atom is -0.348 e. The molecule has 4 rings (SSSR count). The van der Waals surface area contributed by atoms with Crippen molar-refractivity contribution in [2.45, 2.75) is 17.5 Å². The van der Waals surface area contributed by atoms with Gasteiger partial charge in [0.05, 0.1) is 10.9 Å². The number of rotatable bonds is 3. The van der Waals surface area contributed by atoms with Crippen molar-refractivity contribution in [3.8, 4) is 0 Å². The van der Waals surface area contributed by atoms with Crippen LogP contribution in [0, 0.1) is 11.6 Å². The predicted octanol–water partition coefficient (Wildman–Crippen LogP) is 4.21. The van der Waals surface area contributed by atoms with Gasteiger partial charge in [-0.15, -0.1) is 0 Å². The van der Waals surface area contributed by atoms with Gasteiger partial charge in [-0.2, -0.15) is 4.31 Å². The quantitative estimate of drug-likeness (QED) is 0.651. The monoisotopic (exact) mass is 408 g/mol. The molecule has 0 spiro atoms. The van der Waals surface area contributed by atoms with E-state index >= 15 is 0 Å². The van der Waals surface area contributed by atoms with Gasteiger partial charge in [0.15, 0.2) is 11.6 Å². The molecule has 4 nitrogen and oxygen atoms in total. The van der Waals surface area contributed by atoms with Crippen molar-refractivity contribution in [1.82, 2.24) is 8.87 Å². The average Bonchev–Trinajstić information content (AvgIpc) is 3.12. The van der Waals surface area contributed by atoms with Crippen LogP contribution in [0.3, 0.4) is 0 Å². The van der Waals surface area contributed by atoms with Gasteiger partial charge in [0.2, 0.25) is 10.0 Å². The van der Waals surface area contributed by atoms with Gasteiger partial charge in [0, 0.05) is 30.0 Å². The second kappa shape index (κ2) is 6.74. The second-order valence-corrected chi connectivity index (χ2v) is 8.60. The van der Waals surface area contributed by atoms with Gasteiger partial charge in [-0.25, -0.2) is 17.2 Å². The summed E-state index contributed by atoms with van der Waals surface area (Å²) in [6.07, 6.45) is 1.84. The normalized spacial score (nSPS) is 17.7. The van der Waals surface area contributed by atoms with Crippen LogP contribution in [-0.4, -0.2) is 23.8 Å². The van der Waals surface area contributed by atoms with Crippen LogP contribution in [0.2, 0.25) is 5.02 Å². The van der Waals surface area contributed by atoms with Crippen LogP contribution in [0.5, 0.6) is 0 Å². The van der Waals surface area contributed by atoms with E-state index in [0.717, 1.165) is 12.1 Å². The largest absolute Gasteiger partial charge is 0.348 e. The lowest BCUT2D eigenvalue weighted by Crippen LogP contribution is -2.42. The maximum atomic E-state index is 13.9. The molecule has 27 heavy (non-hydrogen) atoms. The van der Waals surface area contributed by atoms with Crippen molar-refractivity contribution in [2.24, 2.45) is 0 Å². The number of sulfonamides is 1. The van der Waals surface area contributed by atoms with E-state index in [-0.39, 0.29) is 11.4 Å². The van der Waals surface area contributed by atoms with E-state index in [1.165, 1.54) is 34.6 Å². The minimum atomic E-state index is -3.87. The molecule has 1 aliphatic rings. The van der Waals surface area contributed by atoms with E-state index in [1.807, 2.05) is 10.8 Å². The molecule has 3 aromatic rings. The molecule has 0 amide bonds. The van der Waals surface area contributed by atoms with E-state index in [2.05, 4.69) is 0 Å². The summed E-state index contributed by atoms with van der Waals surface area (Å²) in [6, 6.07) is 12.2. The summed E-state index contributed by atoms with van der Waals surface area (Å²) in [7, 11) is -3.87. The topological polar surface area (TPSA) is 42.3 Å². The summed E-state index contributed by atoms with van der Waals surface area (Å²) in [6.45, 7) is 0.672. The van der Waals surface area contributed by atoms with E-state index in [0.29, 0.717) is 22.8 Å². The highest BCUT2D eigenvalue weighted by Gasteiger charge is 2.37. The molecule has 0 saturated carbocycles. The third-order valence-electron chi connectivity index (χ3n) is 4.67. The van der Waals surface area contributed by atoms with Crippen LogP contribution in [0.1, 0.15) is 17.3 Å². The molecule has 2 aromatic carbocycles. The summed E-state index contributed by atoms with van der Waals surface area (Å²) in [5, 5.41) is 0.429. The number of hydrogen-bond acceptors (Lipinski definition) is 2. The average molecular weight is 409 g/mol. The molecule has 0 N–H and O–H groups in total. The first kappa shape index (κ1) is 18.2. The van der Waals surface area contributed by atoms with Crippen molar-refractivity contribution in [3.05, 3.63) is 88.7 Å². The van der Waals surface area contributed by atoms with Gasteiger partial charge in [0.1, 0.15) is 0 Å². The molecule has 0 saturated heterocycles. The van der Waals surface area contributed by atoms with E-state index < -0.39 is 27.7 Å². The van der Waals surface area contributed by atoms with Gasteiger partial charge < -0.3 is 4.57 Å². The zero-order chi connectivity index (χ0) is 19.2. The van der Waals surface area contributed by atoms with Crippen molar-refractivity contribution in [2.75, 3.05) is 6.54 Å². The number of fused-ring (bicyclic) bond motifs is 1. The molecule has 0 radical (unpaired) electrons. The molecule has 1 atom stereocenters. The van der Waals surface area contributed by atoms with Crippen LogP contribution in [0.25, 0.3) is 0 Å². The Morgan fingerprint density at radius 3 is 2.41 bits per heavy atom. The lowest BCUT2D eigenvalue weighted by atomic mass is 10.0. The Balaban J connectivity index is 1.85. The fourth-order valence-electron chi connectivity index (χ4n) is 3.38. The Bertz CT molecular complexity index is 1100. The van der Waals surface area contributed by atoms with Crippen LogP contribution in [-0.2, 0) is 16.6 Å². The third-order valence-corrected chi connectivity index (χ3v) is 6.80. The maximum absolute atomic E-state index is 13.9. The van der Waals surface area contributed by atoms with Crippen LogP contribution >= 0.6 is 11.6 Å². The van der Waals surface area contributed by atoms with Gasteiger partial charge in [0.25, 0.3) is 0 Å². The zero-order valence-corrected chi connectivity index (χ0v) is 15.6. The highest BCUT2D eigenvalue weighted by Crippen LogP contribution is 2.37. The Morgan fingerprint density at radius 2 is 1.70 bits per heavy atom. The Labute approximate surface area is 160 Å². The second-order valence-electron chi connectivity index (χ2n) is 6.27. The van der Waals surface area contributed by atoms with Crippen LogP contribution < -0.4 is 0 Å². The molecular formula is C19H15ClF2N2O2S. The molecule has 0 aliphatic carbocycles. The molecule has 140 valence electrons. The number of hydrogen-bond donors (Lipinski definition) is 0. The summed E-state index contributed by atoms with van der Waals surface area (Å²) in [5.41, 5.74) is 1.07. The Morgan fingerprint density at radius 1 is 0.963 bits per heavy atom. The molecule has 0 fully saturated rings. The standard InChI is InChI=1S/C19H15ClF2N2O2S/c20-14-4-6-15(7-5-14)27(25,26)24-11-10-23-9-1-2-18(23)19(24)13-3-8-16(21)17(22)12-13/h1-9,12,19H,10-11H2/t19-/m1/s1. The zero-order valence-electron chi connectivity index (χ0n) is 14.0. The highest BCUT2D eigenvalue weighted by molar-refractivity contribution is 7.89. The van der Waals surface area contributed by atoms with Crippen LogP contribution in [0.4, 0.5) is 8.78 Å². The maximum Gasteiger partial charge on any atom is 0.244 e. The number of halogens is 3. The van der Waals surface area contributed by atoms with Crippen molar-refractivity contribution < 1.29 is 17.2 Å². The lowest BCUT2D eigenvalue weighted by molar-refractivity contribution is 0.297. The molecule has 0 bridgehead atoms. The van der Waals surface area contributed by atoms with Gasteiger partial charge in [-0.05, 0) is 54.1 Å².